The normalized spacial score (nSPS) is 0. The second kappa shape index (κ2) is 28.6. The average Bonchev–Trinajstić information content (AvgIpc) is 0. The van der Waals surface area contributed by atoms with Gasteiger partial charge in [0, 0.05) is 41.2 Å². The maximum Gasteiger partial charge on any atom is 0 e. The van der Waals surface area contributed by atoms with Gasteiger partial charge in [-0.3, -0.25) is 0 Å². The minimum atomic E-state index is 0. The van der Waals surface area contributed by atoms with Gasteiger partial charge in [0.15, 0.2) is 0 Å². The maximum absolute atomic E-state index is 0. The van der Waals surface area contributed by atoms with Crippen LogP contribution in [0.15, 0.2) is 0 Å². The molecule has 0 spiro atoms. The van der Waals surface area contributed by atoms with Crippen LogP contribution in [0, 0.1) is 0 Å². The van der Waals surface area contributed by atoms with E-state index in [4.69, 9.17) is 0 Å². The van der Waals surface area contributed by atoms with Gasteiger partial charge in [-0.2, -0.15) is 0 Å². The van der Waals surface area contributed by atoms with E-state index in [0.717, 1.165) is 0 Å². The van der Waals surface area contributed by atoms with E-state index in [2.05, 4.69) is 0 Å². The quantitative estimate of drug-likeness (QED) is 0.521. The smallest absolute Gasteiger partial charge is 0 e. The molecule has 0 aromatic carbocycles. The predicted octanol–water partition coefficient (Wildman–Crippen LogP) is -0.243. The summed E-state index contributed by atoms with van der Waals surface area (Å²) in [5.41, 5.74) is 0. The Bertz CT molecular complexity index is 6.00. The van der Waals surface area contributed by atoms with Crippen molar-refractivity contribution in [3.8, 4) is 0 Å². The fraction of sp³-hybridized carbons (Fsp3) is 0. The third-order valence-corrected chi connectivity index (χ3v) is 0. The monoisotopic (exact) mass is 420 g/mol. The van der Waals surface area contributed by atoms with Crippen LogP contribution in [0.5, 0.6) is 0 Å². The Kier molecular flexibility index (Phi) is 430. The summed E-state index contributed by atoms with van der Waals surface area (Å²) in [4.78, 5) is 0. The van der Waals surface area contributed by atoms with E-state index in [1.807, 2.05) is 0 Å². The zero-order chi connectivity index (χ0) is 0. The first-order valence-electron chi connectivity index (χ1n) is 0. The fourth-order valence-corrected chi connectivity index (χ4v) is 0. The van der Waals surface area contributed by atoms with Crippen LogP contribution in [-0.2, 0) is 52.1 Å². The summed E-state index contributed by atoms with van der Waals surface area (Å²) >= 11 is 0. The van der Waals surface area contributed by atoms with Gasteiger partial charge in [-0.25, -0.2) is 0 Å². The van der Waals surface area contributed by atoms with Crippen molar-refractivity contribution in [2.75, 3.05) is 0 Å². The van der Waals surface area contributed by atoms with Crippen LogP contribution in [0.25, 0.3) is 0 Å². The first-order valence-corrected chi connectivity index (χ1v) is 0. The van der Waals surface area contributed by atoms with Crippen molar-refractivity contribution in [3.63, 3.8) is 0 Å². The molecule has 35 valence electrons. The molecule has 0 heterocycles. The van der Waals surface area contributed by atoms with Crippen LogP contribution in [0.3, 0.4) is 0 Å². The second-order valence-corrected chi connectivity index (χ2v) is 0. The molecule has 0 saturated carbocycles. The van der Waals surface area contributed by atoms with Gasteiger partial charge in [-0.1, -0.05) is 0 Å². The van der Waals surface area contributed by atoms with Crippen molar-refractivity contribution < 1.29 is 52.1 Å². The first-order chi connectivity index (χ1) is 0. The number of hydrogen-bond donors (Lipinski definition) is 0. The molecule has 0 unspecified atom stereocenters. The van der Waals surface area contributed by atoms with E-state index in [1.54, 1.807) is 0 Å². The topological polar surface area (TPSA) is 57.0 Å². The molecule has 4 heteroatoms. The number of rotatable bonds is 0. The Labute approximate surface area is 52.2 Å². The van der Waals surface area contributed by atoms with Crippen LogP contribution in [-0.4, -0.2) is 0 Å². The van der Waals surface area contributed by atoms with Gasteiger partial charge in [-0.05, 0) is 0 Å². The molecule has 0 rings (SSSR count). The van der Waals surface area contributed by atoms with Crippen molar-refractivity contribution in [3.05, 3.63) is 0 Å². The van der Waals surface area contributed by atoms with Gasteiger partial charge in [0.2, 0.25) is 0 Å². The van der Waals surface area contributed by atoms with Crippen molar-refractivity contribution in [2.45, 2.75) is 0 Å². The van der Waals surface area contributed by atoms with Crippen LogP contribution < -0.4 is 0 Å². The minimum absolute atomic E-state index is 0. The molecular weight excluding hydrogens is 419 g/mol. The van der Waals surface area contributed by atoms with E-state index in [0.29, 0.717) is 0 Å². The third-order valence-electron chi connectivity index (χ3n) is 0. The summed E-state index contributed by atoms with van der Waals surface area (Å²) in [6.45, 7) is 0. The minimum Gasteiger partial charge on any atom is -2.00 e. The van der Waals surface area contributed by atoms with Crippen LogP contribution in [0.2, 0.25) is 0 Å². The fourth-order valence-electron chi connectivity index (χ4n) is 0. The predicted molar refractivity (Wildman–Crippen MR) is 1.37 cm³/mol. The van der Waals surface area contributed by atoms with Gasteiger partial charge in [-0.15, -0.1) is 0 Å². The molecule has 4 heavy (non-hydrogen) atoms. The molecule has 1 radical (unpaired) electrons. The van der Waals surface area contributed by atoms with Gasteiger partial charge in [0.05, 0.1) is 0 Å². The van der Waals surface area contributed by atoms with Gasteiger partial charge in [0.25, 0.3) is 0 Å². The van der Waals surface area contributed by atoms with Gasteiger partial charge in [0.1, 0.15) is 0 Å². The molecule has 0 saturated heterocycles. The van der Waals surface area contributed by atoms with E-state index >= 15 is 0 Å². The van der Waals surface area contributed by atoms with Crippen molar-refractivity contribution in [2.24, 2.45) is 0 Å². The summed E-state index contributed by atoms with van der Waals surface area (Å²) in [6.07, 6.45) is 0. The average molecular weight is 419 g/mol. The largest absolute Gasteiger partial charge is 2.00 e. The van der Waals surface area contributed by atoms with E-state index in [9.17, 15) is 0 Å². The molecule has 0 aliphatic heterocycles. The van der Waals surface area contributed by atoms with E-state index in [1.165, 1.54) is 0 Å². The summed E-state index contributed by atoms with van der Waals surface area (Å²) in [7, 11) is 0. The molecular formula is IrO2Pt-4. The zero-order valence-corrected chi connectivity index (χ0v) is 6.13. The molecule has 0 bridgehead atoms. The Morgan fingerprint density at radius 3 is 0.750 bits per heavy atom. The SMILES string of the molecule is [Ir].[O-2].[O-2].[Pt]. The van der Waals surface area contributed by atoms with E-state index < -0.39 is 0 Å². The molecule has 0 atom stereocenters. The molecule has 0 amide bonds. The van der Waals surface area contributed by atoms with Gasteiger partial charge >= 0.3 is 0 Å². The van der Waals surface area contributed by atoms with Crippen LogP contribution in [0.1, 0.15) is 0 Å². The van der Waals surface area contributed by atoms with Gasteiger partial charge < -0.3 is 11.0 Å². The molecule has 0 aromatic heterocycles. The molecule has 0 aliphatic carbocycles. The molecule has 2 nitrogen and oxygen atoms in total. The maximum atomic E-state index is 0. The standard InChI is InChI=1S/Ir.2O.Pt/q;2*-2;. The van der Waals surface area contributed by atoms with Crippen LogP contribution in [0.4, 0.5) is 0 Å². The summed E-state index contributed by atoms with van der Waals surface area (Å²) in [5, 5.41) is 0. The number of hydrogen-bond acceptors (Lipinski definition) is 0. The van der Waals surface area contributed by atoms with Crippen molar-refractivity contribution in [1.29, 1.82) is 0 Å². The molecule has 0 aliphatic rings. The third kappa shape index (κ3) is 10.5. The summed E-state index contributed by atoms with van der Waals surface area (Å²) in [6, 6.07) is 0. The Hall–Kier alpha value is 1.26. The molecule has 0 N–H and O–H groups in total. The van der Waals surface area contributed by atoms with Crippen molar-refractivity contribution in [1.82, 2.24) is 0 Å². The summed E-state index contributed by atoms with van der Waals surface area (Å²) in [5.74, 6) is 0. The summed E-state index contributed by atoms with van der Waals surface area (Å²) < 4.78 is 0. The zero-order valence-electron chi connectivity index (χ0n) is 1.47. The molecule has 0 fully saturated rings. The molecule has 0 aromatic rings. The Morgan fingerprint density at radius 2 is 0.750 bits per heavy atom. The van der Waals surface area contributed by atoms with Crippen molar-refractivity contribution >= 4 is 0 Å². The Morgan fingerprint density at radius 1 is 0.750 bits per heavy atom. The van der Waals surface area contributed by atoms with Crippen LogP contribution >= 0.6 is 0 Å². The first kappa shape index (κ1) is 60.3. The second-order valence-electron chi connectivity index (χ2n) is 0. The van der Waals surface area contributed by atoms with E-state index in [-0.39, 0.29) is 52.1 Å². The Balaban J connectivity index is 0.